The maximum atomic E-state index is 11.8. The summed E-state index contributed by atoms with van der Waals surface area (Å²) in [4.78, 5) is 14.0. The predicted octanol–water partition coefficient (Wildman–Crippen LogP) is 1.89. The molecule has 1 aromatic rings. The molecule has 1 aliphatic carbocycles. The third-order valence-corrected chi connectivity index (χ3v) is 4.12. The minimum Gasteiger partial charge on any atom is -0.369 e. The lowest BCUT2D eigenvalue weighted by Crippen LogP contribution is -2.61. The lowest BCUT2D eigenvalue weighted by molar-refractivity contribution is -0.123. The number of carbonyl (C=O) groups excluding carboxylic acids is 1. The van der Waals surface area contributed by atoms with Crippen LogP contribution in [0.15, 0.2) is 30.3 Å². The quantitative estimate of drug-likeness (QED) is 0.761. The summed E-state index contributed by atoms with van der Waals surface area (Å²) in [5.41, 5.74) is 12.1. The van der Waals surface area contributed by atoms with E-state index in [9.17, 15) is 4.79 Å². The van der Waals surface area contributed by atoms with Gasteiger partial charge in [0.2, 0.25) is 5.91 Å². The molecule has 2 rings (SSSR count). The minimum absolute atomic E-state index is 0.243. The van der Waals surface area contributed by atoms with Crippen molar-refractivity contribution in [1.29, 1.82) is 0 Å². The number of hydrogen-bond donors (Lipinski definition) is 2. The van der Waals surface area contributed by atoms with Crippen LogP contribution in [0.1, 0.15) is 32.6 Å². The van der Waals surface area contributed by atoms with Crippen LogP contribution in [0.25, 0.3) is 0 Å². The van der Waals surface area contributed by atoms with Gasteiger partial charge in [-0.05, 0) is 37.3 Å². The van der Waals surface area contributed by atoms with Gasteiger partial charge in [0.05, 0.1) is 0 Å². The smallest absolute Gasteiger partial charge is 0.239 e. The van der Waals surface area contributed by atoms with Crippen LogP contribution < -0.4 is 16.4 Å². The number of carbonyl (C=O) groups is 1. The summed E-state index contributed by atoms with van der Waals surface area (Å²) < 4.78 is 0. The SMILES string of the molecule is CCCCN(CC(N)(C(N)=O)C1CC1)c1ccccc1. The molecule has 0 radical (unpaired) electrons. The molecule has 1 amide bonds. The van der Waals surface area contributed by atoms with Gasteiger partial charge in [0.1, 0.15) is 5.54 Å². The second-order valence-corrected chi connectivity index (χ2v) is 5.79. The normalized spacial score (nSPS) is 17.5. The predicted molar refractivity (Wildman–Crippen MR) is 82.4 cm³/mol. The molecule has 0 aromatic heterocycles. The zero-order valence-electron chi connectivity index (χ0n) is 12.2. The number of rotatable bonds is 8. The van der Waals surface area contributed by atoms with Crippen LogP contribution in [0.5, 0.6) is 0 Å². The number of nitrogens with two attached hydrogens (primary N) is 2. The Hall–Kier alpha value is -1.55. The van der Waals surface area contributed by atoms with E-state index in [0.717, 1.165) is 37.9 Å². The van der Waals surface area contributed by atoms with Crippen LogP contribution in [0.4, 0.5) is 5.69 Å². The number of para-hydroxylation sites is 1. The highest BCUT2D eigenvalue weighted by Crippen LogP contribution is 2.39. The Kier molecular flexibility index (Phi) is 4.65. The van der Waals surface area contributed by atoms with Crippen molar-refractivity contribution in [3.63, 3.8) is 0 Å². The zero-order chi connectivity index (χ0) is 14.6. The van der Waals surface area contributed by atoms with E-state index >= 15 is 0 Å². The van der Waals surface area contributed by atoms with Gasteiger partial charge in [-0.15, -0.1) is 0 Å². The summed E-state index contributed by atoms with van der Waals surface area (Å²) in [5, 5.41) is 0. The lowest BCUT2D eigenvalue weighted by Gasteiger charge is -2.34. The second kappa shape index (κ2) is 6.27. The maximum Gasteiger partial charge on any atom is 0.239 e. The number of anilines is 1. The Morgan fingerprint density at radius 2 is 2.00 bits per heavy atom. The molecule has 4 nitrogen and oxygen atoms in total. The van der Waals surface area contributed by atoms with Gasteiger partial charge >= 0.3 is 0 Å². The average molecular weight is 275 g/mol. The topological polar surface area (TPSA) is 72.3 Å². The van der Waals surface area contributed by atoms with Crippen molar-refractivity contribution in [2.75, 3.05) is 18.0 Å². The van der Waals surface area contributed by atoms with Gasteiger partial charge in [0.25, 0.3) is 0 Å². The molecule has 1 aromatic carbocycles. The van der Waals surface area contributed by atoms with Gasteiger partial charge in [-0.2, -0.15) is 0 Å². The van der Waals surface area contributed by atoms with Crippen LogP contribution in [0.2, 0.25) is 0 Å². The van der Waals surface area contributed by atoms with Crippen molar-refractivity contribution in [1.82, 2.24) is 0 Å². The highest BCUT2D eigenvalue weighted by atomic mass is 16.1. The molecule has 0 saturated heterocycles. The number of amides is 1. The van der Waals surface area contributed by atoms with Crippen molar-refractivity contribution in [3.8, 4) is 0 Å². The summed E-state index contributed by atoms with van der Waals surface area (Å²) in [6.45, 7) is 3.57. The van der Waals surface area contributed by atoms with Gasteiger partial charge in [0, 0.05) is 18.8 Å². The number of benzene rings is 1. The summed E-state index contributed by atoms with van der Waals surface area (Å²) in [5.74, 6) is -0.134. The number of nitrogens with zero attached hydrogens (tertiary/aromatic N) is 1. The van der Waals surface area contributed by atoms with E-state index in [-0.39, 0.29) is 11.8 Å². The first-order valence-electron chi connectivity index (χ1n) is 7.46. The molecule has 0 heterocycles. The minimum atomic E-state index is -0.899. The molecule has 1 saturated carbocycles. The van der Waals surface area contributed by atoms with E-state index in [4.69, 9.17) is 11.5 Å². The largest absolute Gasteiger partial charge is 0.369 e. The van der Waals surface area contributed by atoms with Crippen LogP contribution in [-0.4, -0.2) is 24.5 Å². The Bertz CT molecular complexity index is 444. The molecule has 1 aliphatic rings. The highest BCUT2D eigenvalue weighted by Gasteiger charge is 2.47. The summed E-state index contributed by atoms with van der Waals surface area (Å²) >= 11 is 0. The van der Waals surface area contributed by atoms with Crippen molar-refractivity contribution in [3.05, 3.63) is 30.3 Å². The number of hydrogen-bond acceptors (Lipinski definition) is 3. The van der Waals surface area contributed by atoms with Crippen LogP contribution >= 0.6 is 0 Å². The van der Waals surface area contributed by atoms with Gasteiger partial charge < -0.3 is 16.4 Å². The Morgan fingerprint density at radius 1 is 1.35 bits per heavy atom. The van der Waals surface area contributed by atoms with Gasteiger partial charge in [-0.3, -0.25) is 4.79 Å². The molecule has 20 heavy (non-hydrogen) atoms. The Morgan fingerprint density at radius 3 is 2.50 bits per heavy atom. The first-order valence-corrected chi connectivity index (χ1v) is 7.46. The monoisotopic (exact) mass is 275 g/mol. The van der Waals surface area contributed by atoms with Crippen molar-refractivity contribution < 1.29 is 4.79 Å². The molecule has 0 spiro atoms. The molecular formula is C16H25N3O. The fourth-order valence-electron chi connectivity index (χ4n) is 2.61. The first kappa shape index (κ1) is 14.9. The molecular weight excluding hydrogens is 250 g/mol. The van der Waals surface area contributed by atoms with Crippen LogP contribution in [-0.2, 0) is 4.79 Å². The van der Waals surface area contributed by atoms with Crippen molar-refractivity contribution in [2.45, 2.75) is 38.1 Å². The molecule has 1 atom stereocenters. The van der Waals surface area contributed by atoms with Gasteiger partial charge in [0.15, 0.2) is 0 Å². The highest BCUT2D eigenvalue weighted by molar-refractivity contribution is 5.86. The average Bonchev–Trinajstić information content (AvgIpc) is 3.29. The fourth-order valence-corrected chi connectivity index (χ4v) is 2.61. The summed E-state index contributed by atoms with van der Waals surface area (Å²) in [7, 11) is 0. The molecule has 0 bridgehead atoms. The van der Waals surface area contributed by atoms with E-state index < -0.39 is 5.54 Å². The molecule has 0 aliphatic heterocycles. The fraction of sp³-hybridized carbons (Fsp3) is 0.562. The standard InChI is InChI=1S/C16H25N3O/c1-2-3-11-19(14-7-5-4-6-8-14)12-16(18,15(17)20)13-9-10-13/h4-8,13H,2-3,9-12,18H2,1H3,(H2,17,20). The third-order valence-electron chi connectivity index (χ3n) is 4.12. The van der Waals surface area contributed by atoms with Gasteiger partial charge in [-0.25, -0.2) is 0 Å². The summed E-state index contributed by atoms with van der Waals surface area (Å²) in [6.07, 6.45) is 4.21. The van der Waals surface area contributed by atoms with E-state index in [0.29, 0.717) is 6.54 Å². The Labute approximate surface area is 121 Å². The second-order valence-electron chi connectivity index (χ2n) is 5.79. The third kappa shape index (κ3) is 3.31. The summed E-state index contributed by atoms with van der Waals surface area (Å²) in [6, 6.07) is 10.1. The first-order chi connectivity index (χ1) is 9.58. The van der Waals surface area contributed by atoms with Crippen LogP contribution in [0, 0.1) is 5.92 Å². The van der Waals surface area contributed by atoms with Crippen molar-refractivity contribution >= 4 is 11.6 Å². The maximum absolute atomic E-state index is 11.8. The van der Waals surface area contributed by atoms with Gasteiger partial charge in [-0.1, -0.05) is 31.5 Å². The van der Waals surface area contributed by atoms with E-state index in [1.807, 2.05) is 18.2 Å². The van der Waals surface area contributed by atoms with Crippen molar-refractivity contribution in [2.24, 2.45) is 17.4 Å². The molecule has 4 heteroatoms. The van der Waals surface area contributed by atoms with E-state index in [1.54, 1.807) is 0 Å². The molecule has 1 unspecified atom stereocenters. The number of unbranched alkanes of at least 4 members (excludes halogenated alkanes) is 1. The molecule has 1 fully saturated rings. The molecule has 4 N–H and O–H groups in total. The molecule has 110 valence electrons. The van der Waals surface area contributed by atoms with E-state index in [2.05, 4.69) is 24.0 Å². The van der Waals surface area contributed by atoms with E-state index in [1.165, 1.54) is 0 Å². The Balaban J connectivity index is 2.16. The lowest BCUT2D eigenvalue weighted by atomic mass is 9.92. The zero-order valence-corrected chi connectivity index (χ0v) is 12.2. The number of primary amides is 1. The van der Waals surface area contributed by atoms with Crippen LogP contribution in [0.3, 0.4) is 0 Å².